The van der Waals surface area contributed by atoms with Crippen LogP contribution in [0.5, 0.6) is 0 Å². The number of carbonyl (C=O) groups excluding carboxylic acids is 1. The van der Waals surface area contributed by atoms with E-state index >= 15 is 0 Å². The molecule has 1 heterocycles. The van der Waals surface area contributed by atoms with Gasteiger partial charge in [0.2, 0.25) is 5.79 Å². The fourth-order valence-electron chi connectivity index (χ4n) is 1.41. The molecule has 1 rings (SSSR count). The minimum Gasteiger partial charge on any atom is -0.426 e. The zero-order valence-electron chi connectivity index (χ0n) is 8.39. The first-order chi connectivity index (χ1) is 6.01. The quantitative estimate of drug-likeness (QED) is 0.680. The van der Waals surface area contributed by atoms with E-state index in [0.29, 0.717) is 17.6 Å². The lowest BCUT2D eigenvalue weighted by Crippen LogP contribution is -2.30. The molecular formula is C10H16O3. The third-order valence-corrected chi connectivity index (χ3v) is 2.59. The summed E-state index contributed by atoms with van der Waals surface area (Å²) in [6.07, 6.45) is 2.33. The van der Waals surface area contributed by atoms with Crippen LogP contribution in [0.3, 0.4) is 0 Å². The maximum atomic E-state index is 11.1. The van der Waals surface area contributed by atoms with E-state index in [1.807, 2.05) is 6.92 Å². The predicted octanol–water partition coefficient (Wildman–Crippen LogP) is 1.76. The Bertz CT molecular complexity index is 255. The second-order valence-corrected chi connectivity index (χ2v) is 3.53. The summed E-state index contributed by atoms with van der Waals surface area (Å²) >= 11 is 0. The number of hydrogen-bond donors (Lipinski definition) is 1. The highest BCUT2D eigenvalue weighted by Gasteiger charge is 2.41. The molecule has 0 fully saturated rings. The van der Waals surface area contributed by atoms with Gasteiger partial charge >= 0.3 is 5.97 Å². The summed E-state index contributed by atoms with van der Waals surface area (Å²) in [7, 11) is 0. The number of aliphatic hydroxyl groups is 1. The molecule has 0 aromatic carbocycles. The summed E-state index contributed by atoms with van der Waals surface area (Å²) in [5, 5.41) is 9.93. The number of ether oxygens (including phenoxy) is 1. The number of rotatable bonds is 3. The van der Waals surface area contributed by atoms with Gasteiger partial charge in [0.05, 0.1) is 0 Å². The van der Waals surface area contributed by atoms with Crippen LogP contribution >= 0.6 is 0 Å². The molecule has 1 atom stereocenters. The first-order valence-corrected chi connectivity index (χ1v) is 4.65. The minimum atomic E-state index is -1.32. The van der Waals surface area contributed by atoms with Crippen LogP contribution in [0, 0.1) is 0 Å². The Hall–Kier alpha value is -0.830. The zero-order valence-corrected chi connectivity index (χ0v) is 8.39. The van der Waals surface area contributed by atoms with Gasteiger partial charge in [-0.15, -0.1) is 0 Å². The van der Waals surface area contributed by atoms with E-state index in [1.54, 1.807) is 13.8 Å². The topological polar surface area (TPSA) is 46.5 Å². The van der Waals surface area contributed by atoms with E-state index in [1.165, 1.54) is 0 Å². The Kier molecular flexibility index (Phi) is 2.76. The summed E-state index contributed by atoms with van der Waals surface area (Å²) in [6.45, 7) is 5.46. The Labute approximate surface area is 78.4 Å². The number of carbonyl (C=O) groups is 1. The summed E-state index contributed by atoms with van der Waals surface area (Å²) < 4.78 is 4.92. The molecule has 0 amide bonds. The van der Waals surface area contributed by atoms with Crippen molar-refractivity contribution in [3.63, 3.8) is 0 Å². The van der Waals surface area contributed by atoms with Crippen molar-refractivity contribution in [3.05, 3.63) is 11.1 Å². The average Bonchev–Trinajstić information content (AvgIpc) is 2.28. The smallest absolute Gasteiger partial charge is 0.336 e. The highest BCUT2D eigenvalue weighted by atomic mass is 16.7. The molecular weight excluding hydrogens is 168 g/mol. The van der Waals surface area contributed by atoms with Crippen molar-refractivity contribution in [1.29, 1.82) is 0 Å². The van der Waals surface area contributed by atoms with Crippen LogP contribution in [-0.4, -0.2) is 16.9 Å². The Morgan fingerprint density at radius 1 is 1.46 bits per heavy atom. The molecule has 1 aliphatic rings. The van der Waals surface area contributed by atoms with E-state index in [4.69, 9.17) is 4.74 Å². The SMILES string of the molecule is CCCCC1(O)OC(=O)C(C)=C1C. The molecule has 3 nitrogen and oxygen atoms in total. The van der Waals surface area contributed by atoms with Gasteiger partial charge in [-0.1, -0.05) is 13.3 Å². The van der Waals surface area contributed by atoms with Gasteiger partial charge in [0.1, 0.15) is 0 Å². The largest absolute Gasteiger partial charge is 0.426 e. The summed E-state index contributed by atoms with van der Waals surface area (Å²) in [4.78, 5) is 11.1. The highest BCUT2D eigenvalue weighted by Crippen LogP contribution is 2.33. The average molecular weight is 184 g/mol. The molecule has 1 unspecified atom stereocenters. The first kappa shape index (κ1) is 10.3. The van der Waals surface area contributed by atoms with Crippen molar-refractivity contribution in [1.82, 2.24) is 0 Å². The molecule has 13 heavy (non-hydrogen) atoms. The molecule has 0 radical (unpaired) electrons. The molecule has 0 aromatic heterocycles. The number of cyclic esters (lactones) is 1. The Morgan fingerprint density at radius 2 is 2.08 bits per heavy atom. The van der Waals surface area contributed by atoms with E-state index < -0.39 is 11.8 Å². The third-order valence-electron chi connectivity index (χ3n) is 2.59. The molecule has 0 bridgehead atoms. The number of unbranched alkanes of at least 4 members (excludes halogenated alkanes) is 1. The highest BCUT2D eigenvalue weighted by molar-refractivity contribution is 5.91. The van der Waals surface area contributed by atoms with E-state index in [9.17, 15) is 9.90 Å². The molecule has 0 saturated carbocycles. The monoisotopic (exact) mass is 184 g/mol. The number of esters is 1. The summed E-state index contributed by atoms with van der Waals surface area (Å²) in [6, 6.07) is 0. The van der Waals surface area contributed by atoms with Gasteiger partial charge in [-0.25, -0.2) is 4.79 Å². The summed E-state index contributed by atoms with van der Waals surface area (Å²) in [5.74, 6) is -1.71. The Morgan fingerprint density at radius 3 is 2.46 bits per heavy atom. The van der Waals surface area contributed by atoms with Gasteiger partial charge < -0.3 is 9.84 Å². The van der Waals surface area contributed by atoms with Crippen molar-refractivity contribution in [2.24, 2.45) is 0 Å². The fourth-order valence-corrected chi connectivity index (χ4v) is 1.41. The van der Waals surface area contributed by atoms with Crippen molar-refractivity contribution in [2.75, 3.05) is 0 Å². The van der Waals surface area contributed by atoms with Crippen LogP contribution in [0.15, 0.2) is 11.1 Å². The fraction of sp³-hybridized carbons (Fsp3) is 0.700. The lowest BCUT2D eigenvalue weighted by molar-refractivity contribution is -0.183. The third kappa shape index (κ3) is 1.75. The van der Waals surface area contributed by atoms with Crippen molar-refractivity contribution in [3.8, 4) is 0 Å². The maximum Gasteiger partial charge on any atom is 0.336 e. The second kappa shape index (κ2) is 3.50. The van der Waals surface area contributed by atoms with Gasteiger partial charge in [-0.3, -0.25) is 0 Å². The van der Waals surface area contributed by atoms with Crippen LogP contribution in [0.1, 0.15) is 40.0 Å². The van der Waals surface area contributed by atoms with Crippen molar-refractivity contribution < 1.29 is 14.6 Å². The molecule has 0 saturated heterocycles. The molecule has 0 aliphatic carbocycles. The lowest BCUT2D eigenvalue weighted by atomic mass is 10.00. The van der Waals surface area contributed by atoms with Gasteiger partial charge in [-0.05, 0) is 20.3 Å². The standard InChI is InChI=1S/C10H16O3/c1-4-5-6-10(12)8(3)7(2)9(11)13-10/h12H,4-6H2,1-3H3. The normalized spacial score (nSPS) is 28.2. The minimum absolute atomic E-state index is 0.392. The van der Waals surface area contributed by atoms with Crippen LogP contribution in [-0.2, 0) is 9.53 Å². The molecule has 1 N–H and O–H groups in total. The van der Waals surface area contributed by atoms with Crippen LogP contribution < -0.4 is 0 Å². The molecule has 1 aliphatic heterocycles. The van der Waals surface area contributed by atoms with Crippen LogP contribution in [0.4, 0.5) is 0 Å². The molecule has 0 spiro atoms. The second-order valence-electron chi connectivity index (χ2n) is 3.53. The van der Waals surface area contributed by atoms with Crippen LogP contribution in [0.25, 0.3) is 0 Å². The van der Waals surface area contributed by atoms with Gasteiger partial charge in [0.25, 0.3) is 0 Å². The Balaban J connectivity index is 2.77. The maximum absolute atomic E-state index is 11.1. The van der Waals surface area contributed by atoms with Gasteiger partial charge in [-0.2, -0.15) is 0 Å². The van der Waals surface area contributed by atoms with E-state index in [2.05, 4.69) is 0 Å². The van der Waals surface area contributed by atoms with E-state index in [0.717, 1.165) is 12.8 Å². The van der Waals surface area contributed by atoms with Crippen LogP contribution in [0.2, 0.25) is 0 Å². The van der Waals surface area contributed by atoms with Crippen molar-refractivity contribution in [2.45, 2.75) is 45.8 Å². The first-order valence-electron chi connectivity index (χ1n) is 4.65. The number of hydrogen-bond acceptors (Lipinski definition) is 3. The van der Waals surface area contributed by atoms with Gasteiger partial charge in [0.15, 0.2) is 0 Å². The molecule has 3 heteroatoms. The summed E-state index contributed by atoms with van der Waals surface area (Å²) in [5.41, 5.74) is 1.20. The predicted molar refractivity (Wildman–Crippen MR) is 48.9 cm³/mol. The van der Waals surface area contributed by atoms with Crippen molar-refractivity contribution >= 4 is 5.97 Å². The molecule has 0 aromatic rings. The molecule has 74 valence electrons. The van der Waals surface area contributed by atoms with Gasteiger partial charge in [0, 0.05) is 17.6 Å². The lowest BCUT2D eigenvalue weighted by Gasteiger charge is -2.22. The zero-order chi connectivity index (χ0) is 10.1. The van der Waals surface area contributed by atoms with E-state index in [-0.39, 0.29) is 0 Å².